The van der Waals surface area contributed by atoms with Gasteiger partial charge in [0.05, 0.1) is 0 Å². The molecule has 0 aromatic heterocycles. The molecule has 0 bridgehead atoms. The average molecular weight is 381 g/mol. The number of carbonyl (C=O) groups excluding carboxylic acids is 4. The average Bonchev–Trinajstić information content (AvgIpc) is 2.92. The van der Waals surface area contributed by atoms with Crippen molar-refractivity contribution in [3.05, 3.63) is 60.2 Å². The number of imide groups is 3. The summed E-state index contributed by atoms with van der Waals surface area (Å²) in [6, 6.07) is 13.5. The summed E-state index contributed by atoms with van der Waals surface area (Å²) in [6.45, 7) is 0. The van der Waals surface area contributed by atoms with Crippen LogP contribution in [0.5, 0.6) is 11.5 Å². The summed E-state index contributed by atoms with van der Waals surface area (Å²) < 4.78 is 10.7. The van der Waals surface area contributed by atoms with E-state index < -0.39 is 35.6 Å². The summed E-state index contributed by atoms with van der Waals surface area (Å²) >= 11 is 0. The molecule has 0 saturated carbocycles. The van der Waals surface area contributed by atoms with Gasteiger partial charge >= 0.3 is 12.1 Å². The van der Waals surface area contributed by atoms with E-state index >= 15 is 0 Å². The molecule has 9 nitrogen and oxygen atoms in total. The minimum Gasteiger partial charge on any atom is -0.480 e. The molecule has 1 spiro atoms. The number of rotatable bonds is 2. The van der Waals surface area contributed by atoms with E-state index in [9.17, 15) is 19.2 Å². The lowest BCUT2D eigenvalue weighted by atomic mass is 9.81. The van der Waals surface area contributed by atoms with Crippen LogP contribution in [-0.2, 0) is 15.1 Å². The van der Waals surface area contributed by atoms with Gasteiger partial charge in [-0.25, -0.2) is 9.59 Å². The van der Waals surface area contributed by atoms with Crippen LogP contribution in [0.1, 0.15) is 12.0 Å². The Morgan fingerprint density at radius 2 is 1.79 bits per heavy atom. The fourth-order valence-electron chi connectivity index (χ4n) is 3.36. The molecule has 4 rings (SSSR count). The van der Waals surface area contributed by atoms with Gasteiger partial charge in [-0.1, -0.05) is 36.4 Å². The lowest BCUT2D eigenvalue weighted by Crippen LogP contribution is -2.53. The molecule has 0 aliphatic carbocycles. The van der Waals surface area contributed by atoms with E-state index in [1.54, 1.807) is 42.5 Å². The summed E-state index contributed by atoms with van der Waals surface area (Å²) in [4.78, 5) is 50.3. The van der Waals surface area contributed by atoms with Gasteiger partial charge in [-0.05, 0) is 18.2 Å². The number of ether oxygens (including phenoxy) is 2. The van der Waals surface area contributed by atoms with E-state index in [-0.39, 0.29) is 17.9 Å². The van der Waals surface area contributed by atoms with Gasteiger partial charge in [0.15, 0.2) is 11.6 Å². The van der Waals surface area contributed by atoms with Crippen molar-refractivity contribution in [2.75, 3.05) is 0 Å². The molecule has 2 unspecified atom stereocenters. The predicted octanol–water partition coefficient (Wildman–Crippen LogP) is 1.27. The molecule has 28 heavy (non-hydrogen) atoms. The second kappa shape index (κ2) is 6.38. The van der Waals surface area contributed by atoms with Crippen LogP contribution in [0.2, 0.25) is 0 Å². The van der Waals surface area contributed by atoms with E-state index in [0.29, 0.717) is 10.5 Å². The highest BCUT2D eigenvalue weighted by molar-refractivity contribution is 6.17. The summed E-state index contributed by atoms with van der Waals surface area (Å²) in [5.41, 5.74) is 4.04. The maximum atomic E-state index is 13.2. The van der Waals surface area contributed by atoms with Crippen molar-refractivity contribution in [3.8, 4) is 11.5 Å². The molecular formula is C19H15N3O6. The molecule has 5 amide bonds. The summed E-state index contributed by atoms with van der Waals surface area (Å²) in [7, 11) is 0. The number of carbonyl (C=O) groups is 4. The fourth-order valence-corrected chi connectivity index (χ4v) is 3.36. The third-order valence-corrected chi connectivity index (χ3v) is 4.65. The number of amides is 5. The molecule has 2 heterocycles. The van der Waals surface area contributed by atoms with Gasteiger partial charge in [0.1, 0.15) is 11.5 Å². The zero-order valence-electron chi connectivity index (χ0n) is 14.5. The maximum Gasteiger partial charge on any atom is 0.430 e. The van der Waals surface area contributed by atoms with Gasteiger partial charge in [-0.15, -0.1) is 0 Å². The molecule has 9 heteroatoms. The number of fused-ring (bicyclic) bond motifs is 2. The maximum absolute atomic E-state index is 13.2. The number of para-hydroxylation sites is 2. The fraction of sp³-hybridized carbons (Fsp3) is 0.158. The van der Waals surface area contributed by atoms with Crippen molar-refractivity contribution in [1.82, 2.24) is 10.2 Å². The molecule has 1 saturated heterocycles. The Morgan fingerprint density at radius 1 is 1.11 bits per heavy atom. The zero-order chi connectivity index (χ0) is 19.9. The number of primary amides is 1. The molecule has 2 atom stereocenters. The van der Waals surface area contributed by atoms with Gasteiger partial charge in [0.25, 0.3) is 11.8 Å². The Morgan fingerprint density at radius 3 is 2.50 bits per heavy atom. The number of benzene rings is 2. The molecule has 2 aromatic carbocycles. The molecule has 2 aromatic rings. The van der Waals surface area contributed by atoms with Crippen LogP contribution in [0, 0.1) is 0 Å². The number of nitrogens with one attached hydrogen (secondary N) is 1. The van der Waals surface area contributed by atoms with Crippen molar-refractivity contribution < 1.29 is 28.7 Å². The normalized spacial score (nSPS) is 23.0. The van der Waals surface area contributed by atoms with Crippen molar-refractivity contribution in [2.45, 2.75) is 18.1 Å². The summed E-state index contributed by atoms with van der Waals surface area (Å²) in [5.74, 6) is -1.25. The number of urea groups is 1. The third kappa shape index (κ3) is 2.64. The van der Waals surface area contributed by atoms with Crippen LogP contribution < -0.4 is 20.5 Å². The standard InChI is InChI=1S/C19H15N3O6/c20-15(23)14-10-19(12-8-4-5-9-13(12)28-14)16(24)22(17(25)21-19)18(26)27-11-6-2-1-3-7-11/h1-9,14H,10H2,(H2,20,23)(H,21,25). The van der Waals surface area contributed by atoms with Crippen molar-refractivity contribution in [2.24, 2.45) is 5.73 Å². The van der Waals surface area contributed by atoms with E-state index in [0.717, 1.165) is 0 Å². The summed E-state index contributed by atoms with van der Waals surface area (Å²) in [6.07, 6.45) is -2.53. The lowest BCUT2D eigenvalue weighted by Gasteiger charge is -2.36. The first kappa shape index (κ1) is 17.5. The Labute approximate surface area is 159 Å². The van der Waals surface area contributed by atoms with E-state index in [2.05, 4.69) is 5.32 Å². The van der Waals surface area contributed by atoms with Crippen LogP contribution in [0.4, 0.5) is 9.59 Å². The SMILES string of the molecule is NC(=O)C1CC2(NC(=O)N(C(=O)Oc3ccccc3)C2=O)c2ccccc2O1. The summed E-state index contributed by atoms with van der Waals surface area (Å²) in [5, 5.41) is 2.53. The Kier molecular flexibility index (Phi) is 3.99. The van der Waals surface area contributed by atoms with E-state index in [1.807, 2.05) is 0 Å². The van der Waals surface area contributed by atoms with Crippen LogP contribution in [0.3, 0.4) is 0 Å². The van der Waals surface area contributed by atoms with E-state index in [4.69, 9.17) is 15.2 Å². The Hall–Kier alpha value is -3.88. The number of hydrogen-bond acceptors (Lipinski definition) is 6. The third-order valence-electron chi connectivity index (χ3n) is 4.65. The quantitative estimate of drug-likeness (QED) is 0.754. The Balaban J connectivity index is 1.71. The Bertz CT molecular complexity index is 992. The van der Waals surface area contributed by atoms with Gasteiger partial charge in [-0.2, -0.15) is 4.90 Å². The van der Waals surface area contributed by atoms with Gasteiger partial charge < -0.3 is 20.5 Å². The predicted molar refractivity (Wildman–Crippen MR) is 94.2 cm³/mol. The molecular weight excluding hydrogens is 366 g/mol. The number of hydrogen-bond donors (Lipinski definition) is 2. The first-order valence-corrected chi connectivity index (χ1v) is 8.41. The first-order valence-electron chi connectivity index (χ1n) is 8.41. The molecule has 0 radical (unpaired) electrons. The monoisotopic (exact) mass is 381 g/mol. The zero-order valence-corrected chi connectivity index (χ0v) is 14.5. The molecule has 1 fully saturated rings. The highest BCUT2D eigenvalue weighted by Crippen LogP contribution is 2.43. The van der Waals surface area contributed by atoms with Crippen LogP contribution in [-0.4, -0.2) is 34.9 Å². The molecule has 3 N–H and O–H groups in total. The van der Waals surface area contributed by atoms with Crippen molar-refractivity contribution in [1.29, 1.82) is 0 Å². The van der Waals surface area contributed by atoms with Gasteiger partial charge in [0, 0.05) is 12.0 Å². The van der Waals surface area contributed by atoms with Crippen molar-refractivity contribution >= 4 is 23.9 Å². The molecule has 142 valence electrons. The molecule has 2 aliphatic heterocycles. The second-order valence-corrected chi connectivity index (χ2v) is 6.37. The highest BCUT2D eigenvalue weighted by atomic mass is 16.6. The largest absolute Gasteiger partial charge is 0.480 e. The van der Waals surface area contributed by atoms with Crippen LogP contribution >= 0.6 is 0 Å². The lowest BCUT2D eigenvalue weighted by molar-refractivity contribution is -0.134. The van der Waals surface area contributed by atoms with Crippen LogP contribution in [0.15, 0.2) is 54.6 Å². The first-order chi connectivity index (χ1) is 13.4. The highest BCUT2D eigenvalue weighted by Gasteiger charge is 2.59. The van der Waals surface area contributed by atoms with Gasteiger partial charge in [0.2, 0.25) is 0 Å². The van der Waals surface area contributed by atoms with Gasteiger partial charge in [-0.3, -0.25) is 9.59 Å². The number of nitrogens with zero attached hydrogens (tertiary/aromatic N) is 1. The van der Waals surface area contributed by atoms with Crippen LogP contribution in [0.25, 0.3) is 0 Å². The number of nitrogens with two attached hydrogens (primary N) is 1. The minimum atomic E-state index is -1.65. The molecule has 2 aliphatic rings. The van der Waals surface area contributed by atoms with Crippen molar-refractivity contribution in [3.63, 3.8) is 0 Å². The smallest absolute Gasteiger partial charge is 0.430 e. The van der Waals surface area contributed by atoms with E-state index in [1.165, 1.54) is 12.1 Å². The topological polar surface area (TPSA) is 128 Å². The minimum absolute atomic E-state index is 0.177. The second-order valence-electron chi connectivity index (χ2n) is 6.37.